The zero-order valence-electron chi connectivity index (χ0n) is 19.5. The Hall–Kier alpha value is -2.12. The van der Waals surface area contributed by atoms with Crippen LogP contribution >= 0.6 is 46.7 Å². The molecule has 1 N–H and O–H groups in total. The number of piperazine rings is 1. The maximum absolute atomic E-state index is 13.2. The molecule has 0 radical (unpaired) electrons. The van der Waals surface area contributed by atoms with Crippen LogP contribution in [0.3, 0.4) is 0 Å². The largest absolute Gasteiger partial charge is 0.334 e. The predicted octanol–water partition coefficient (Wildman–Crippen LogP) is 4.36. The smallest absolute Gasteiger partial charge is 0.282 e. The van der Waals surface area contributed by atoms with Crippen molar-refractivity contribution in [2.45, 2.75) is 23.2 Å². The molecule has 8 nitrogen and oxygen atoms in total. The van der Waals surface area contributed by atoms with Crippen molar-refractivity contribution in [1.82, 2.24) is 24.5 Å². The topological polar surface area (TPSA) is 95.5 Å². The number of pyridine rings is 1. The minimum atomic E-state index is -3.64. The molecular formula is C24H23Cl2N5O3S3. The number of aromatic nitrogens is 2. The fourth-order valence-electron chi connectivity index (χ4n) is 4.59. The molecule has 1 aromatic carbocycles. The minimum Gasteiger partial charge on any atom is -0.334 e. The lowest BCUT2D eigenvalue weighted by molar-refractivity contribution is 0.0697. The second kappa shape index (κ2) is 10.6. The number of hydrogen-bond acceptors (Lipinski definition) is 8. The number of rotatable bonds is 4. The van der Waals surface area contributed by atoms with Crippen molar-refractivity contribution in [2.75, 3.05) is 26.2 Å². The molecule has 1 atom stereocenters. The van der Waals surface area contributed by atoms with Crippen molar-refractivity contribution in [3.05, 3.63) is 75.0 Å². The summed E-state index contributed by atoms with van der Waals surface area (Å²) in [6.07, 6.45) is 4.27. The van der Waals surface area contributed by atoms with Crippen molar-refractivity contribution in [1.29, 1.82) is 0 Å². The summed E-state index contributed by atoms with van der Waals surface area (Å²) in [5.41, 5.74) is 2.10. The van der Waals surface area contributed by atoms with Gasteiger partial charge in [0.1, 0.15) is 4.21 Å². The Kier molecular flexibility index (Phi) is 7.56. The number of sulfonamides is 1. The van der Waals surface area contributed by atoms with Crippen LogP contribution in [0.25, 0.3) is 10.1 Å². The molecular weight excluding hydrogens is 573 g/mol. The molecule has 37 heavy (non-hydrogen) atoms. The van der Waals surface area contributed by atoms with E-state index in [-0.39, 0.29) is 37.4 Å². The Labute approximate surface area is 233 Å². The summed E-state index contributed by atoms with van der Waals surface area (Å²) in [6.45, 7) is 1.83. The second-order valence-electron chi connectivity index (χ2n) is 8.75. The molecule has 2 aliphatic heterocycles. The zero-order valence-corrected chi connectivity index (χ0v) is 23.5. The van der Waals surface area contributed by atoms with Crippen molar-refractivity contribution in [3.8, 4) is 0 Å². The third-order valence-electron chi connectivity index (χ3n) is 6.56. The number of carbonyl (C=O) groups excluding carboxylic acids is 1. The Morgan fingerprint density at radius 1 is 1.05 bits per heavy atom. The van der Waals surface area contributed by atoms with Crippen LogP contribution in [0.5, 0.6) is 0 Å². The number of benzene rings is 1. The van der Waals surface area contributed by atoms with Gasteiger partial charge in [0.05, 0.1) is 5.69 Å². The van der Waals surface area contributed by atoms with Gasteiger partial charge in [-0.05, 0) is 41.3 Å². The lowest BCUT2D eigenvalue weighted by Gasteiger charge is -2.33. The summed E-state index contributed by atoms with van der Waals surface area (Å²) in [6, 6.07) is 11.2. The molecule has 0 aliphatic carbocycles. The molecule has 1 fully saturated rings. The third-order valence-corrected chi connectivity index (χ3v) is 11.3. The molecule has 1 unspecified atom stereocenters. The van der Waals surface area contributed by atoms with E-state index in [1.54, 1.807) is 35.5 Å². The lowest BCUT2D eigenvalue weighted by atomic mass is 10.00. The summed E-state index contributed by atoms with van der Waals surface area (Å²) >= 11 is 8.70. The SMILES string of the molecule is Cl.O=C(c1nc2c(s1)CNC(c1ccncc1)C2)N1CCN(S(=O)(=O)c2cc3ccc(Cl)cc3s2)CC1. The van der Waals surface area contributed by atoms with Gasteiger partial charge in [-0.1, -0.05) is 17.7 Å². The third kappa shape index (κ3) is 5.14. The first-order chi connectivity index (χ1) is 17.4. The highest BCUT2D eigenvalue weighted by molar-refractivity contribution is 7.91. The van der Waals surface area contributed by atoms with Gasteiger partial charge in [0, 0.05) is 72.2 Å². The fourth-order valence-corrected chi connectivity index (χ4v) is 8.85. The molecule has 0 saturated carbocycles. The zero-order chi connectivity index (χ0) is 24.9. The summed E-state index contributed by atoms with van der Waals surface area (Å²) in [5, 5.41) is 5.41. The molecule has 6 rings (SSSR count). The van der Waals surface area contributed by atoms with Crippen LogP contribution in [-0.2, 0) is 23.0 Å². The van der Waals surface area contributed by atoms with Crippen LogP contribution in [0.1, 0.15) is 32.0 Å². The first-order valence-corrected chi connectivity index (χ1v) is 14.9. The molecule has 3 aromatic heterocycles. The molecule has 2 aliphatic rings. The maximum Gasteiger partial charge on any atom is 0.282 e. The summed E-state index contributed by atoms with van der Waals surface area (Å²) in [7, 11) is -3.64. The van der Waals surface area contributed by atoms with Crippen LogP contribution in [0.15, 0.2) is 53.0 Å². The Morgan fingerprint density at radius 2 is 1.81 bits per heavy atom. The van der Waals surface area contributed by atoms with Gasteiger partial charge in [0.15, 0.2) is 5.01 Å². The van der Waals surface area contributed by atoms with Crippen molar-refractivity contribution < 1.29 is 13.2 Å². The number of thiazole rings is 1. The van der Waals surface area contributed by atoms with E-state index >= 15 is 0 Å². The number of thiophene rings is 1. The van der Waals surface area contributed by atoms with E-state index in [9.17, 15) is 13.2 Å². The molecule has 1 amide bonds. The van der Waals surface area contributed by atoms with Gasteiger partial charge in [-0.15, -0.1) is 35.1 Å². The maximum atomic E-state index is 13.2. The van der Waals surface area contributed by atoms with Gasteiger partial charge >= 0.3 is 0 Å². The van der Waals surface area contributed by atoms with Gasteiger partial charge in [-0.2, -0.15) is 4.31 Å². The first kappa shape index (κ1) is 26.5. The normalized spacial score (nSPS) is 18.4. The van der Waals surface area contributed by atoms with Gasteiger partial charge in [-0.25, -0.2) is 13.4 Å². The van der Waals surface area contributed by atoms with E-state index in [1.165, 1.54) is 27.0 Å². The minimum absolute atomic E-state index is 0. The van der Waals surface area contributed by atoms with E-state index in [1.807, 2.05) is 18.2 Å². The number of nitrogens with zero attached hydrogens (tertiary/aromatic N) is 4. The standard InChI is InChI=1S/C24H22ClN5O3S3.ClH/c25-17-2-1-16-11-22(34-20(16)12-17)36(32,33)30-9-7-29(8-10-30)24(31)23-28-19-13-18(27-14-21(19)35-23)15-3-5-26-6-4-15;/h1-6,11-12,18,27H,7-10,13-14H2;1H. The van der Waals surface area contributed by atoms with Gasteiger partial charge in [0.25, 0.3) is 15.9 Å². The van der Waals surface area contributed by atoms with Crippen LogP contribution in [0.4, 0.5) is 0 Å². The van der Waals surface area contributed by atoms with E-state index in [4.69, 9.17) is 11.6 Å². The number of nitrogens with one attached hydrogen (secondary N) is 1. The molecule has 0 spiro atoms. The number of amides is 1. The number of hydrogen-bond donors (Lipinski definition) is 1. The number of carbonyl (C=O) groups is 1. The highest BCUT2D eigenvalue weighted by Crippen LogP contribution is 2.33. The Balaban J connectivity index is 0.00000280. The molecule has 0 bridgehead atoms. The molecule has 5 heterocycles. The monoisotopic (exact) mass is 595 g/mol. The van der Waals surface area contributed by atoms with E-state index < -0.39 is 10.0 Å². The summed E-state index contributed by atoms with van der Waals surface area (Å²) in [4.78, 5) is 24.7. The first-order valence-electron chi connectivity index (χ1n) is 11.5. The fraction of sp³-hybridized carbons (Fsp3) is 0.292. The van der Waals surface area contributed by atoms with Crippen LogP contribution in [0.2, 0.25) is 5.02 Å². The van der Waals surface area contributed by atoms with Gasteiger partial charge in [-0.3, -0.25) is 9.78 Å². The van der Waals surface area contributed by atoms with Gasteiger partial charge < -0.3 is 10.2 Å². The highest BCUT2D eigenvalue weighted by atomic mass is 35.5. The van der Waals surface area contributed by atoms with E-state index in [0.29, 0.717) is 33.9 Å². The van der Waals surface area contributed by atoms with Crippen molar-refractivity contribution in [3.63, 3.8) is 0 Å². The molecule has 13 heteroatoms. The van der Waals surface area contributed by atoms with Crippen molar-refractivity contribution >= 4 is 72.7 Å². The molecule has 194 valence electrons. The van der Waals surface area contributed by atoms with Crippen LogP contribution in [-0.4, -0.2) is 59.7 Å². The summed E-state index contributed by atoms with van der Waals surface area (Å²) in [5.74, 6) is -0.136. The van der Waals surface area contributed by atoms with E-state index in [0.717, 1.165) is 32.6 Å². The molecule has 4 aromatic rings. The average Bonchev–Trinajstić information content (AvgIpc) is 3.53. The van der Waals surface area contributed by atoms with Gasteiger partial charge in [0.2, 0.25) is 0 Å². The second-order valence-corrected chi connectivity index (χ2v) is 13.5. The number of halogens is 2. The lowest BCUT2D eigenvalue weighted by Crippen LogP contribution is -2.50. The van der Waals surface area contributed by atoms with Crippen LogP contribution in [0, 0.1) is 0 Å². The average molecular weight is 597 g/mol. The quantitative estimate of drug-likeness (QED) is 0.376. The summed E-state index contributed by atoms with van der Waals surface area (Å²) < 4.78 is 29.1. The van der Waals surface area contributed by atoms with Crippen LogP contribution < -0.4 is 5.32 Å². The van der Waals surface area contributed by atoms with Crippen molar-refractivity contribution in [2.24, 2.45) is 0 Å². The Bertz CT molecular complexity index is 1550. The molecule has 1 saturated heterocycles. The number of fused-ring (bicyclic) bond motifs is 2. The highest BCUT2D eigenvalue weighted by Gasteiger charge is 2.33. The van der Waals surface area contributed by atoms with E-state index in [2.05, 4.69) is 15.3 Å². The Morgan fingerprint density at radius 3 is 2.57 bits per heavy atom. The predicted molar refractivity (Wildman–Crippen MR) is 148 cm³/mol.